The smallest absolute Gasteiger partial charge is 0.138 e. The van der Waals surface area contributed by atoms with Crippen LogP contribution in [-0.2, 0) is 6.67 Å². The Hall–Kier alpha value is 0.220. The summed E-state index contributed by atoms with van der Waals surface area (Å²) in [5.74, 6) is -0.238. The largest absolute Gasteiger partial charge is 0.246 e. The van der Waals surface area contributed by atoms with Crippen molar-refractivity contribution in [1.82, 2.24) is 0 Å². The Bertz CT molecular complexity index is 573. The van der Waals surface area contributed by atoms with Crippen LogP contribution in [0.1, 0.15) is 11.1 Å². The molecule has 0 heterocycles. The molecule has 6 heteroatoms. The van der Waals surface area contributed by atoms with Crippen molar-refractivity contribution >= 4 is 63.7 Å². The number of halogens is 6. The molecule has 0 aromatic heterocycles. The van der Waals surface area contributed by atoms with Crippen LogP contribution in [0.3, 0.4) is 0 Å². The third-order valence-electron chi connectivity index (χ3n) is 2.39. The van der Waals surface area contributed by atoms with Crippen molar-refractivity contribution in [2.24, 2.45) is 0 Å². The van der Waals surface area contributed by atoms with Gasteiger partial charge in [0.25, 0.3) is 0 Å². The van der Waals surface area contributed by atoms with E-state index in [1.165, 1.54) is 6.07 Å². The van der Waals surface area contributed by atoms with E-state index < -0.39 is 6.67 Å². The minimum absolute atomic E-state index is 0.238. The van der Waals surface area contributed by atoms with E-state index in [0.717, 1.165) is 19.0 Å². The maximum atomic E-state index is 12.7. The van der Waals surface area contributed by atoms with Gasteiger partial charge in [-0.3, -0.25) is 0 Å². The predicted octanol–water partition coefficient (Wildman–Crippen LogP) is 7.34. The first-order valence-corrected chi connectivity index (χ1v) is 8.64. The SMILES string of the molecule is Cc1ccc(F)c(Br)c1Br.FCc1ccc(Br)cc1Br. The molecule has 0 fully saturated rings. The van der Waals surface area contributed by atoms with Crippen LogP contribution in [0.5, 0.6) is 0 Å². The van der Waals surface area contributed by atoms with Crippen molar-refractivity contribution < 1.29 is 8.78 Å². The molecule has 0 saturated heterocycles. The highest BCUT2D eigenvalue weighted by molar-refractivity contribution is 9.13. The second kappa shape index (κ2) is 8.61. The molecule has 2 aromatic rings. The molecule has 0 N–H and O–H groups in total. The van der Waals surface area contributed by atoms with Crippen molar-refractivity contribution in [3.63, 3.8) is 0 Å². The molecular formula is C14H10Br4F2. The molecule has 108 valence electrons. The Morgan fingerprint density at radius 1 is 0.950 bits per heavy atom. The molecule has 2 rings (SSSR count). The molecule has 2 aromatic carbocycles. The van der Waals surface area contributed by atoms with Crippen LogP contribution in [0.2, 0.25) is 0 Å². The number of benzene rings is 2. The average Bonchev–Trinajstić information content (AvgIpc) is 2.42. The van der Waals surface area contributed by atoms with Gasteiger partial charge >= 0.3 is 0 Å². The van der Waals surface area contributed by atoms with Gasteiger partial charge in [-0.05, 0) is 68.1 Å². The summed E-state index contributed by atoms with van der Waals surface area (Å²) >= 11 is 12.9. The molecule has 0 spiro atoms. The van der Waals surface area contributed by atoms with Crippen molar-refractivity contribution in [2.75, 3.05) is 0 Å². The summed E-state index contributed by atoms with van der Waals surface area (Å²) in [5.41, 5.74) is 1.71. The monoisotopic (exact) mass is 532 g/mol. The van der Waals surface area contributed by atoms with E-state index in [1.54, 1.807) is 12.1 Å². The van der Waals surface area contributed by atoms with Crippen LogP contribution in [0.4, 0.5) is 8.78 Å². The fourth-order valence-electron chi connectivity index (χ4n) is 1.25. The highest BCUT2D eigenvalue weighted by Gasteiger charge is 2.04. The summed E-state index contributed by atoms with van der Waals surface area (Å²) in [7, 11) is 0. The van der Waals surface area contributed by atoms with E-state index in [-0.39, 0.29) is 5.82 Å². The minimum atomic E-state index is -0.423. The first-order chi connectivity index (χ1) is 9.36. The van der Waals surface area contributed by atoms with E-state index in [4.69, 9.17) is 0 Å². The molecule has 0 aliphatic carbocycles. The van der Waals surface area contributed by atoms with Crippen LogP contribution in [0.25, 0.3) is 0 Å². The average molecular weight is 536 g/mol. The van der Waals surface area contributed by atoms with Gasteiger partial charge in [-0.1, -0.05) is 44.0 Å². The molecule has 0 saturated carbocycles. The summed E-state index contributed by atoms with van der Waals surface area (Å²) in [6.07, 6.45) is 0. The Morgan fingerprint density at radius 2 is 1.60 bits per heavy atom. The van der Waals surface area contributed by atoms with E-state index in [1.807, 2.05) is 19.1 Å². The lowest BCUT2D eigenvalue weighted by molar-refractivity contribution is 0.484. The molecular weight excluding hydrogens is 526 g/mol. The second-order valence-corrected chi connectivity index (χ2v) is 7.22. The van der Waals surface area contributed by atoms with Crippen molar-refractivity contribution in [3.8, 4) is 0 Å². The highest BCUT2D eigenvalue weighted by Crippen LogP contribution is 2.28. The number of hydrogen-bond donors (Lipinski definition) is 0. The van der Waals surface area contributed by atoms with Crippen molar-refractivity contribution in [1.29, 1.82) is 0 Å². The van der Waals surface area contributed by atoms with Gasteiger partial charge < -0.3 is 0 Å². The molecule has 0 bridgehead atoms. The molecule has 0 radical (unpaired) electrons. The van der Waals surface area contributed by atoms with Gasteiger partial charge in [-0.25, -0.2) is 8.78 Å². The number of hydrogen-bond acceptors (Lipinski definition) is 0. The van der Waals surface area contributed by atoms with Crippen LogP contribution in [0.15, 0.2) is 48.2 Å². The van der Waals surface area contributed by atoms with Gasteiger partial charge in [0.15, 0.2) is 0 Å². The Labute approximate surface area is 150 Å². The Morgan fingerprint density at radius 3 is 2.10 bits per heavy atom. The number of rotatable bonds is 1. The number of aryl methyl sites for hydroxylation is 1. The van der Waals surface area contributed by atoms with Crippen LogP contribution in [-0.4, -0.2) is 0 Å². The molecule has 20 heavy (non-hydrogen) atoms. The molecule has 0 nitrogen and oxygen atoms in total. The van der Waals surface area contributed by atoms with E-state index >= 15 is 0 Å². The summed E-state index contributed by atoms with van der Waals surface area (Å²) in [6, 6.07) is 8.55. The van der Waals surface area contributed by atoms with Crippen LogP contribution >= 0.6 is 63.7 Å². The van der Waals surface area contributed by atoms with E-state index in [0.29, 0.717) is 10.0 Å². The third kappa shape index (κ3) is 5.20. The van der Waals surface area contributed by atoms with Gasteiger partial charge in [0.1, 0.15) is 12.5 Å². The van der Waals surface area contributed by atoms with E-state index in [2.05, 4.69) is 63.7 Å². The highest BCUT2D eigenvalue weighted by atomic mass is 79.9. The lowest BCUT2D eigenvalue weighted by Gasteiger charge is -2.00. The predicted molar refractivity (Wildman–Crippen MR) is 93.2 cm³/mol. The summed E-state index contributed by atoms with van der Waals surface area (Å²) in [5, 5.41) is 0. The zero-order valence-electron chi connectivity index (χ0n) is 10.4. The van der Waals surface area contributed by atoms with Crippen molar-refractivity contribution in [3.05, 3.63) is 65.2 Å². The standard InChI is InChI=1S/2C7H5Br2F/c1-4-2-3-5(10)7(9)6(4)8;8-6-2-1-5(4-10)7(9)3-6/h2-3H,1H3;1-3H,4H2. The molecule has 0 amide bonds. The molecule has 0 atom stereocenters. The second-order valence-electron chi connectivity index (χ2n) is 3.86. The van der Waals surface area contributed by atoms with Gasteiger partial charge in [-0.15, -0.1) is 0 Å². The van der Waals surface area contributed by atoms with Gasteiger partial charge in [0.2, 0.25) is 0 Å². The fraction of sp³-hybridized carbons (Fsp3) is 0.143. The molecule has 0 unspecified atom stereocenters. The van der Waals surface area contributed by atoms with E-state index in [9.17, 15) is 8.78 Å². The van der Waals surface area contributed by atoms with Gasteiger partial charge in [0.05, 0.1) is 4.47 Å². The van der Waals surface area contributed by atoms with Gasteiger partial charge in [-0.2, -0.15) is 0 Å². The maximum absolute atomic E-state index is 12.7. The summed E-state index contributed by atoms with van der Waals surface area (Å²) < 4.78 is 27.8. The van der Waals surface area contributed by atoms with Gasteiger partial charge in [0, 0.05) is 13.4 Å². The summed E-state index contributed by atoms with van der Waals surface area (Å²) in [6.45, 7) is 1.49. The quantitative estimate of drug-likeness (QED) is 0.335. The first-order valence-electron chi connectivity index (χ1n) is 5.46. The fourth-order valence-corrected chi connectivity index (χ4v) is 3.17. The molecule has 0 aliphatic heterocycles. The minimum Gasteiger partial charge on any atom is -0.246 e. The topological polar surface area (TPSA) is 0 Å². The maximum Gasteiger partial charge on any atom is 0.138 e. The third-order valence-corrected chi connectivity index (χ3v) is 5.95. The zero-order chi connectivity index (χ0) is 15.3. The Balaban J connectivity index is 0.000000200. The normalized spacial score (nSPS) is 9.95. The Kier molecular flexibility index (Phi) is 7.87. The zero-order valence-corrected chi connectivity index (χ0v) is 16.7. The lowest BCUT2D eigenvalue weighted by atomic mass is 10.2. The lowest BCUT2D eigenvalue weighted by Crippen LogP contribution is -1.81. The number of alkyl halides is 1. The van der Waals surface area contributed by atoms with Crippen LogP contribution in [0, 0.1) is 12.7 Å². The first kappa shape index (κ1) is 18.3. The van der Waals surface area contributed by atoms with Crippen LogP contribution < -0.4 is 0 Å². The molecule has 0 aliphatic rings. The van der Waals surface area contributed by atoms with Crippen molar-refractivity contribution in [2.45, 2.75) is 13.6 Å². The summed E-state index contributed by atoms with van der Waals surface area (Å²) in [4.78, 5) is 0.